The smallest absolute Gasteiger partial charge is 0.418 e. The van der Waals surface area contributed by atoms with Gasteiger partial charge in [0.1, 0.15) is 0 Å². The Morgan fingerprint density at radius 2 is 2.07 bits per heavy atom. The number of hydrogen-bond acceptors (Lipinski definition) is 2. The zero-order chi connectivity index (χ0) is 10.9. The van der Waals surface area contributed by atoms with Crippen LogP contribution in [0.5, 0.6) is 0 Å². The molecular formula is C7H3BrF3NO2. The fraction of sp³-hybridized carbons (Fsp3) is 0.143. The van der Waals surface area contributed by atoms with Crippen molar-refractivity contribution in [1.29, 1.82) is 0 Å². The van der Waals surface area contributed by atoms with Crippen LogP contribution in [-0.4, -0.2) is 16.1 Å². The molecule has 1 rings (SSSR count). The number of rotatable bonds is 1. The fourth-order valence-corrected chi connectivity index (χ4v) is 1.16. The molecule has 0 atom stereocenters. The molecule has 1 heterocycles. The third kappa shape index (κ3) is 2.22. The predicted octanol–water partition coefficient (Wildman–Crippen LogP) is 2.56. The maximum absolute atomic E-state index is 12.3. The number of pyridine rings is 1. The van der Waals surface area contributed by atoms with Gasteiger partial charge >= 0.3 is 12.1 Å². The van der Waals surface area contributed by atoms with E-state index >= 15 is 0 Å². The molecular weight excluding hydrogens is 267 g/mol. The van der Waals surface area contributed by atoms with Crippen molar-refractivity contribution in [1.82, 2.24) is 4.98 Å². The van der Waals surface area contributed by atoms with Gasteiger partial charge in [0.25, 0.3) is 0 Å². The van der Waals surface area contributed by atoms with E-state index in [1.807, 2.05) is 0 Å². The standard InChI is InChI=1S/C7H3BrF3NO2/c8-3-1-4(7(9,10)11)5(6(13)14)12-2-3/h1-2H,(H,13,14). The van der Waals surface area contributed by atoms with E-state index in [0.717, 1.165) is 6.20 Å². The SMILES string of the molecule is O=C(O)c1ncc(Br)cc1C(F)(F)F. The molecule has 76 valence electrons. The molecule has 0 unspecified atom stereocenters. The monoisotopic (exact) mass is 269 g/mol. The lowest BCUT2D eigenvalue weighted by Crippen LogP contribution is -2.14. The molecule has 14 heavy (non-hydrogen) atoms. The molecule has 1 N–H and O–H groups in total. The van der Waals surface area contributed by atoms with Crippen molar-refractivity contribution in [3.05, 3.63) is 28.0 Å². The van der Waals surface area contributed by atoms with Crippen LogP contribution >= 0.6 is 15.9 Å². The van der Waals surface area contributed by atoms with Crippen LogP contribution in [0.4, 0.5) is 13.2 Å². The summed E-state index contributed by atoms with van der Waals surface area (Å²) >= 11 is 2.78. The van der Waals surface area contributed by atoms with Crippen LogP contribution in [0.1, 0.15) is 16.1 Å². The number of alkyl halides is 3. The summed E-state index contributed by atoms with van der Waals surface area (Å²) in [4.78, 5) is 13.6. The fourth-order valence-electron chi connectivity index (χ4n) is 0.826. The number of carboxylic acids is 1. The Morgan fingerprint density at radius 1 is 1.50 bits per heavy atom. The minimum atomic E-state index is -4.72. The van der Waals surface area contributed by atoms with Crippen molar-refractivity contribution in [2.24, 2.45) is 0 Å². The zero-order valence-corrected chi connectivity index (χ0v) is 8.06. The van der Waals surface area contributed by atoms with Gasteiger partial charge in [0.15, 0.2) is 5.69 Å². The van der Waals surface area contributed by atoms with Crippen LogP contribution in [0.2, 0.25) is 0 Å². The van der Waals surface area contributed by atoms with Crippen molar-refractivity contribution in [2.45, 2.75) is 6.18 Å². The molecule has 0 saturated carbocycles. The minimum Gasteiger partial charge on any atom is -0.476 e. The number of aromatic carboxylic acids is 1. The van der Waals surface area contributed by atoms with Gasteiger partial charge < -0.3 is 5.11 Å². The van der Waals surface area contributed by atoms with Crippen molar-refractivity contribution in [3.63, 3.8) is 0 Å². The second-order valence-corrected chi connectivity index (χ2v) is 3.27. The lowest BCUT2D eigenvalue weighted by Gasteiger charge is -2.08. The third-order valence-corrected chi connectivity index (χ3v) is 1.80. The highest BCUT2D eigenvalue weighted by molar-refractivity contribution is 9.10. The number of hydrogen-bond donors (Lipinski definition) is 1. The van der Waals surface area contributed by atoms with Crippen LogP contribution in [-0.2, 0) is 6.18 Å². The number of carbonyl (C=O) groups is 1. The summed E-state index contributed by atoms with van der Waals surface area (Å²) in [5.41, 5.74) is -2.26. The van der Waals surface area contributed by atoms with Crippen LogP contribution in [0.25, 0.3) is 0 Å². The largest absolute Gasteiger partial charge is 0.476 e. The van der Waals surface area contributed by atoms with Gasteiger partial charge in [0.05, 0.1) is 5.56 Å². The van der Waals surface area contributed by atoms with Crippen LogP contribution in [0.15, 0.2) is 16.7 Å². The minimum absolute atomic E-state index is 0.0785. The first-order valence-electron chi connectivity index (χ1n) is 3.28. The zero-order valence-electron chi connectivity index (χ0n) is 6.47. The van der Waals surface area contributed by atoms with Crippen LogP contribution in [0, 0.1) is 0 Å². The molecule has 0 aliphatic carbocycles. The van der Waals surface area contributed by atoms with Gasteiger partial charge in [-0.3, -0.25) is 0 Å². The van der Waals surface area contributed by atoms with Gasteiger partial charge in [-0.25, -0.2) is 9.78 Å². The van der Waals surface area contributed by atoms with Crippen molar-refractivity contribution < 1.29 is 23.1 Å². The number of nitrogens with zero attached hydrogens (tertiary/aromatic N) is 1. The number of carboxylic acid groups (broad SMARTS) is 1. The first-order valence-corrected chi connectivity index (χ1v) is 4.07. The highest BCUT2D eigenvalue weighted by Gasteiger charge is 2.36. The van der Waals surface area contributed by atoms with E-state index in [2.05, 4.69) is 20.9 Å². The van der Waals surface area contributed by atoms with Gasteiger partial charge in [-0.15, -0.1) is 0 Å². The molecule has 0 radical (unpaired) electrons. The Kier molecular flexibility index (Phi) is 2.79. The first-order chi connectivity index (χ1) is 6.32. The summed E-state index contributed by atoms with van der Waals surface area (Å²) in [5.74, 6) is -1.70. The van der Waals surface area contributed by atoms with Gasteiger partial charge in [0.2, 0.25) is 0 Å². The Hall–Kier alpha value is -1.11. The molecule has 0 spiro atoms. The van der Waals surface area contributed by atoms with E-state index < -0.39 is 23.4 Å². The second kappa shape index (κ2) is 3.56. The van der Waals surface area contributed by atoms with Crippen LogP contribution < -0.4 is 0 Å². The topological polar surface area (TPSA) is 50.2 Å². The van der Waals surface area contributed by atoms with E-state index in [4.69, 9.17) is 5.11 Å². The maximum Gasteiger partial charge on any atom is 0.418 e. The van der Waals surface area contributed by atoms with Gasteiger partial charge in [-0.2, -0.15) is 13.2 Å². The lowest BCUT2D eigenvalue weighted by molar-refractivity contribution is -0.138. The summed E-state index contributed by atoms with van der Waals surface area (Å²) in [6.45, 7) is 0. The number of halogens is 4. The van der Waals surface area contributed by atoms with Crippen molar-refractivity contribution >= 4 is 21.9 Å². The summed E-state index contributed by atoms with van der Waals surface area (Å²) in [6.07, 6.45) is -3.72. The van der Waals surface area contributed by atoms with E-state index in [1.165, 1.54) is 0 Å². The summed E-state index contributed by atoms with van der Waals surface area (Å²) in [5, 5.41) is 8.44. The molecule has 0 bridgehead atoms. The van der Waals surface area contributed by atoms with Gasteiger partial charge in [0, 0.05) is 10.7 Å². The lowest BCUT2D eigenvalue weighted by atomic mass is 10.2. The summed E-state index contributed by atoms with van der Waals surface area (Å²) < 4.78 is 36.9. The first kappa shape index (κ1) is 11.0. The molecule has 0 amide bonds. The van der Waals surface area contributed by atoms with Gasteiger partial charge in [-0.1, -0.05) is 0 Å². The van der Waals surface area contributed by atoms with E-state index in [1.54, 1.807) is 0 Å². The summed E-state index contributed by atoms with van der Waals surface area (Å²) in [7, 11) is 0. The molecule has 0 fully saturated rings. The Balaban J connectivity index is 3.38. The molecule has 7 heteroatoms. The molecule has 1 aromatic heterocycles. The Bertz CT molecular complexity index is 378. The van der Waals surface area contributed by atoms with E-state index in [0.29, 0.717) is 6.07 Å². The van der Waals surface area contributed by atoms with Crippen molar-refractivity contribution in [2.75, 3.05) is 0 Å². The average Bonchev–Trinajstić information content (AvgIpc) is 2.01. The molecule has 0 aliphatic rings. The Labute approximate surface area is 84.7 Å². The third-order valence-electron chi connectivity index (χ3n) is 1.36. The molecule has 0 aliphatic heterocycles. The molecule has 0 aromatic carbocycles. The Morgan fingerprint density at radius 3 is 2.50 bits per heavy atom. The highest BCUT2D eigenvalue weighted by Crippen LogP contribution is 2.32. The normalized spacial score (nSPS) is 11.4. The van der Waals surface area contributed by atoms with Crippen LogP contribution in [0.3, 0.4) is 0 Å². The van der Waals surface area contributed by atoms with Gasteiger partial charge in [-0.05, 0) is 22.0 Å². The summed E-state index contributed by atoms with van der Waals surface area (Å²) in [6, 6.07) is 0.677. The second-order valence-electron chi connectivity index (χ2n) is 2.35. The quantitative estimate of drug-likeness (QED) is 0.853. The van der Waals surface area contributed by atoms with Crippen molar-refractivity contribution in [3.8, 4) is 0 Å². The van der Waals surface area contributed by atoms with E-state index in [-0.39, 0.29) is 4.47 Å². The molecule has 3 nitrogen and oxygen atoms in total. The van der Waals surface area contributed by atoms with E-state index in [9.17, 15) is 18.0 Å². The highest BCUT2D eigenvalue weighted by atomic mass is 79.9. The number of aromatic nitrogens is 1. The average molecular weight is 270 g/mol. The molecule has 0 saturated heterocycles. The maximum atomic E-state index is 12.3. The predicted molar refractivity (Wildman–Crippen MR) is 43.9 cm³/mol. The molecule has 1 aromatic rings.